The maximum Gasteiger partial charge on any atom is 0.191 e. The van der Waals surface area contributed by atoms with Crippen LogP contribution in [0.25, 0.3) is 0 Å². The van der Waals surface area contributed by atoms with Gasteiger partial charge in [-0.1, -0.05) is 12.1 Å². The van der Waals surface area contributed by atoms with Crippen molar-refractivity contribution >= 4 is 29.9 Å². The Morgan fingerprint density at radius 2 is 1.94 bits per heavy atom. The Bertz CT molecular complexity index is 357. The van der Waals surface area contributed by atoms with Gasteiger partial charge in [0.05, 0.1) is 13.2 Å². The predicted octanol–water partition coefficient (Wildman–Crippen LogP) is 1.49. The van der Waals surface area contributed by atoms with E-state index in [2.05, 4.69) is 15.6 Å². The Morgan fingerprint density at radius 1 is 1.28 bits per heavy atom. The molecule has 0 aliphatic rings. The molecule has 0 saturated heterocycles. The normalized spacial score (nSPS) is 10.7. The van der Waals surface area contributed by atoms with Crippen LogP contribution in [0.3, 0.4) is 0 Å². The molecule has 0 saturated carbocycles. The van der Waals surface area contributed by atoms with E-state index in [1.54, 1.807) is 12.1 Å². The zero-order valence-electron chi connectivity index (χ0n) is 10.3. The van der Waals surface area contributed by atoms with Gasteiger partial charge < -0.3 is 15.7 Å². The summed E-state index contributed by atoms with van der Waals surface area (Å²) in [5.74, 6) is 0.397. The van der Waals surface area contributed by atoms with Gasteiger partial charge >= 0.3 is 0 Å². The van der Waals surface area contributed by atoms with Crippen LogP contribution < -0.4 is 10.6 Å². The van der Waals surface area contributed by atoms with Gasteiger partial charge in [-0.15, -0.1) is 24.0 Å². The lowest BCUT2D eigenvalue weighted by atomic mass is 10.2. The Labute approximate surface area is 124 Å². The van der Waals surface area contributed by atoms with Crippen molar-refractivity contribution in [2.24, 2.45) is 4.99 Å². The number of halogens is 2. The minimum absolute atomic E-state index is 0. The summed E-state index contributed by atoms with van der Waals surface area (Å²) in [7, 11) is 0. The van der Waals surface area contributed by atoms with Gasteiger partial charge in [-0.3, -0.25) is 0 Å². The van der Waals surface area contributed by atoms with Crippen LogP contribution in [0.5, 0.6) is 0 Å². The van der Waals surface area contributed by atoms with Crippen LogP contribution in [0.2, 0.25) is 0 Å². The van der Waals surface area contributed by atoms with E-state index < -0.39 is 0 Å². The van der Waals surface area contributed by atoms with E-state index in [1.807, 2.05) is 6.92 Å². The lowest BCUT2D eigenvalue weighted by Gasteiger charge is -2.09. The molecule has 18 heavy (non-hydrogen) atoms. The third kappa shape index (κ3) is 6.75. The second kappa shape index (κ2) is 10.1. The van der Waals surface area contributed by atoms with Crippen LogP contribution in [-0.2, 0) is 6.54 Å². The largest absolute Gasteiger partial charge is 0.395 e. The van der Waals surface area contributed by atoms with Crippen LogP contribution in [0.1, 0.15) is 12.5 Å². The van der Waals surface area contributed by atoms with Crippen LogP contribution in [-0.4, -0.2) is 30.8 Å². The molecule has 1 aromatic rings. The number of hydrogen-bond donors (Lipinski definition) is 3. The Balaban J connectivity index is 0.00000289. The van der Waals surface area contributed by atoms with Gasteiger partial charge in [0.2, 0.25) is 0 Å². The average Bonchev–Trinajstić information content (AvgIpc) is 2.35. The fourth-order valence-corrected chi connectivity index (χ4v) is 1.28. The molecule has 1 rings (SSSR count). The number of rotatable bonds is 5. The number of hydrogen-bond acceptors (Lipinski definition) is 2. The maximum absolute atomic E-state index is 12.7. The quantitative estimate of drug-likeness (QED) is 0.420. The van der Waals surface area contributed by atoms with Crippen molar-refractivity contribution in [1.82, 2.24) is 10.6 Å². The standard InChI is InChI=1S/C12H18FN3O.HI/c1-2-14-12(15-7-8-17)16-9-10-3-5-11(13)6-4-10;/h3-6,17H,2,7-9H2,1H3,(H2,14,15,16);1H. The van der Waals surface area contributed by atoms with Crippen LogP contribution >= 0.6 is 24.0 Å². The average molecular weight is 367 g/mol. The summed E-state index contributed by atoms with van der Waals surface area (Å²) in [6, 6.07) is 6.24. The van der Waals surface area contributed by atoms with Gasteiger partial charge in [0.15, 0.2) is 5.96 Å². The van der Waals surface area contributed by atoms with Gasteiger partial charge in [-0.2, -0.15) is 0 Å². The lowest BCUT2D eigenvalue weighted by Crippen LogP contribution is -2.38. The number of aliphatic hydroxyl groups excluding tert-OH is 1. The number of nitrogens with one attached hydrogen (secondary N) is 2. The van der Waals surface area contributed by atoms with E-state index in [4.69, 9.17) is 5.11 Å². The summed E-state index contributed by atoms with van der Waals surface area (Å²) in [5.41, 5.74) is 0.938. The highest BCUT2D eigenvalue weighted by molar-refractivity contribution is 14.0. The summed E-state index contributed by atoms with van der Waals surface area (Å²) in [5, 5.41) is 14.7. The van der Waals surface area contributed by atoms with E-state index in [0.29, 0.717) is 19.0 Å². The number of guanidine groups is 1. The van der Waals surface area contributed by atoms with Crippen LogP contribution in [0.4, 0.5) is 4.39 Å². The number of aliphatic imine (C=N–C) groups is 1. The molecule has 0 aromatic heterocycles. The first-order valence-electron chi connectivity index (χ1n) is 5.63. The Kier molecular flexibility index (Phi) is 9.57. The third-order valence-electron chi connectivity index (χ3n) is 2.08. The molecule has 0 radical (unpaired) electrons. The van der Waals surface area contributed by atoms with Crippen molar-refractivity contribution in [2.45, 2.75) is 13.5 Å². The molecule has 0 unspecified atom stereocenters. The molecular weight excluding hydrogens is 348 g/mol. The smallest absolute Gasteiger partial charge is 0.191 e. The zero-order chi connectivity index (χ0) is 12.5. The molecule has 0 bridgehead atoms. The minimum atomic E-state index is -0.247. The van der Waals surface area contributed by atoms with Crippen LogP contribution in [0.15, 0.2) is 29.3 Å². The first-order chi connectivity index (χ1) is 8.26. The van der Waals surface area contributed by atoms with Crippen LogP contribution in [0, 0.1) is 5.82 Å². The Morgan fingerprint density at radius 3 is 2.50 bits per heavy atom. The SMILES string of the molecule is CCNC(=NCc1ccc(F)cc1)NCCO.I. The third-order valence-corrected chi connectivity index (χ3v) is 2.08. The fraction of sp³-hybridized carbons (Fsp3) is 0.417. The van der Waals surface area contributed by atoms with Crippen molar-refractivity contribution in [3.63, 3.8) is 0 Å². The monoisotopic (exact) mass is 367 g/mol. The molecule has 4 nitrogen and oxygen atoms in total. The van der Waals surface area contributed by atoms with E-state index in [0.717, 1.165) is 12.1 Å². The molecule has 0 aliphatic heterocycles. The first kappa shape index (κ1) is 17.1. The minimum Gasteiger partial charge on any atom is -0.395 e. The maximum atomic E-state index is 12.7. The highest BCUT2D eigenvalue weighted by Crippen LogP contribution is 2.03. The summed E-state index contributed by atoms with van der Waals surface area (Å²) < 4.78 is 12.7. The van der Waals surface area contributed by atoms with Gasteiger partial charge in [-0.05, 0) is 24.6 Å². The summed E-state index contributed by atoms with van der Waals surface area (Å²) in [4.78, 5) is 4.31. The first-order valence-corrected chi connectivity index (χ1v) is 5.63. The number of benzene rings is 1. The van der Waals surface area contributed by atoms with Gasteiger partial charge in [0.1, 0.15) is 5.82 Å². The molecular formula is C12H19FIN3O. The highest BCUT2D eigenvalue weighted by Gasteiger charge is 1.96. The molecule has 0 fully saturated rings. The second-order valence-corrected chi connectivity index (χ2v) is 3.47. The molecule has 0 aliphatic carbocycles. The fourth-order valence-electron chi connectivity index (χ4n) is 1.28. The van der Waals surface area contributed by atoms with Gasteiger partial charge in [-0.25, -0.2) is 9.38 Å². The summed E-state index contributed by atoms with van der Waals surface area (Å²) >= 11 is 0. The van der Waals surface area contributed by atoms with E-state index >= 15 is 0 Å². The van der Waals surface area contributed by atoms with Gasteiger partial charge in [0.25, 0.3) is 0 Å². The highest BCUT2D eigenvalue weighted by atomic mass is 127. The van der Waals surface area contributed by atoms with E-state index in [1.165, 1.54) is 12.1 Å². The molecule has 0 spiro atoms. The molecule has 0 heterocycles. The van der Waals surface area contributed by atoms with E-state index in [-0.39, 0.29) is 36.4 Å². The molecule has 0 amide bonds. The lowest BCUT2D eigenvalue weighted by molar-refractivity contribution is 0.300. The second-order valence-electron chi connectivity index (χ2n) is 3.47. The van der Waals surface area contributed by atoms with Crippen molar-refractivity contribution < 1.29 is 9.50 Å². The van der Waals surface area contributed by atoms with E-state index in [9.17, 15) is 4.39 Å². The van der Waals surface area contributed by atoms with Crippen molar-refractivity contribution in [3.05, 3.63) is 35.6 Å². The van der Waals surface area contributed by atoms with Crippen molar-refractivity contribution in [2.75, 3.05) is 19.7 Å². The zero-order valence-corrected chi connectivity index (χ0v) is 12.6. The molecule has 6 heteroatoms. The Hall–Kier alpha value is -0.890. The van der Waals surface area contributed by atoms with Crippen molar-refractivity contribution in [3.8, 4) is 0 Å². The summed E-state index contributed by atoms with van der Waals surface area (Å²) in [6.07, 6.45) is 0. The summed E-state index contributed by atoms with van der Waals surface area (Å²) in [6.45, 7) is 3.70. The van der Waals surface area contributed by atoms with Crippen molar-refractivity contribution in [1.29, 1.82) is 0 Å². The number of aliphatic hydroxyl groups is 1. The topological polar surface area (TPSA) is 56.7 Å². The number of nitrogens with zero attached hydrogens (tertiary/aromatic N) is 1. The molecule has 0 atom stereocenters. The molecule has 102 valence electrons. The molecule has 3 N–H and O–H groups in total. The molecule has 1 aromatic carbocycles. The van der Waals surface area contributed by atoms with Gasteiger partial charge in [0, 0.05) is 13.1 Å². The predicted molar refractivity (Wildman–Crippen MR) is 81.7 cm³/mol.